The van der Waals surface area contributed by atoms with E-state index in [1.807, 2.05) is 0 Å². The second-order valence-corrected chi connectivity index (χ2v) is 10.1. The van der Waals surface area contributed by atoms with E-state index in [2.05, 4.69) is 10.4 Å². The van der Waals surface area contributed by atoms with Gasteiger partial charge in [-0.15, -0.1) is 0 Å². The van der Waals surface area contributed by atoms with Crippen molar-refractivity contribution in [3.05, 3.63) is 40.3 Å². The van der Waals surface area contributed by atoms with Crippen LogP contribution in [0.15, 0.2) is 18.2 Å². The van der Waals surface area contributed by atoms with Gasteiger partial charge in [-0.2, -0.15) is 5.10 Å². The van der Waals surface area contributed by atoms with Crippen LogP contribution in [0.3, 0.4) is 0 Å². The Kier molecular flexibility index (Phi) is 5.63. The van der Waals surface area contributed by atoms with Crippen molar-refractivity contribution in [2.75, 3.05) is 23.1 Å². The lowest BCUT2D eigenvalue weighted by atomic mass is 9.96. The van der Waals surface area contributed by atoms with E-state index in [1.54, 1.807) is 7.05 Å². The Hall–Kier alpha value is -2.17. The number of hydrogen-bond acceptors (Lipinski definition) is 6. The molecule has 8 nitrogen and oxygen atoms in total. The van der Waals surface area contributed by atoms with E-state index in [1.165, 1.54) is 16.8 Å². The van der Waals surface area contributed by atoms with Crippen molar-refractivity contribution < 1.29 is 22.7 Å². The van der Waals surface area contributed by atoms with Gasteiger partial charge in [-0.1, -0.05) is 11.6 Å². The number of rotatable bonds is 5. The highest BCUT2D eigenvalue weighted by atomic mass is 35.5. The number of hydrogen-bond donors (Lipinski definition) is 3. The van der Waals surface area contributed by atoms with Gasteiger partial charge in [0.25, 0.3) is 5.91 Å². The van der Waals surface area contributed by atoms with Gasteiger partial charge in [0.1, 0.15) is 27.0 Å². The van der Waals surface area contributed by atoms with Crippen LogP contribution in [0.4, 0.5) is 15.9 Å². The third-order valence-electron chi connectivity index (χ3n) is 5.03. The van der Waals surface area contributed by atoms with E-state index in [0.29, 0.717) is 12.1 Å². The van der Waals surface area contributed by atoms with Crippen LogP contribution in [0.2, 0.25) is 5.02 Å². The van der Waals surface area contributed by atoms with Crippen LogP contribution in [0.5, 0.6) is 0 Å². The fourth-order valence-electron chi connectivity index (χ4n) is 3.80. The molecule has 29 heavy (non-hydrogen) atoms. The summed E-state index contributed by atoms with van der Waals surface area (Å²) in [6, 6.07) is 3.78. The van der Waals surface area contributed by atoms with Crippen molar-refractivity contribution in [1.82, 2.24) is 9.78 Å². The molecule has 0 aliphatic heterocycles. The van der Waals surface area contributed by atoms with Crippen LogP contribution in [0.1, 0.15) is 41.2 Å². The number of benzene rings is 1. The number of nitrogens with one attached hydrogen (secondary N) is 1. The first-order valence-corrected chi connectivity index (χ1v) is 11.3. The molecule has 158 valence electrons. The highest BCUT2D eigenvalue weighted by Crippen LogP contribution is 2.43. The van der Waals surface area contributed by atoms with Crippen LogP contribution in [0, 0.1) is 5.82 Å². The van der Waals surface area contributed by atoms with Crippen molar-refractivity contribution in [3.8, 4) is 0 Å². The molecule has 1 heterocycles. The number of aliphatic hydroxyl groups is 1. The molecule has 1 fully saturated rings. The van der Waals surface area contributed by atoms with Gasteiger partial charge in [0.2, 0.25) is 0 Å². The van der Waals surface area contributed by atoms with E-state index in [9.17, 15) is 22.7 Å². The molecular weight excluding hydrogens is 423 g/mol. The highest BCUT2D eigenvalue weighted by Gasteiger charge is 2.43. The van der Waals surface area contributed by atoms with Crippen LogP contribution in [0.25, 0.3) is 0 Å². The molecule has 2 atom stereocenters. The van der Waals surface area contributed by atoms with Crippen LogP contribution < -0.4 is 11.1 Å². The number of halogens is 2. The largest absolute Gasteiger partial charge is 0.389 e. The first-order chi connectivity index (χ1) is 13.4. The average Bonchev–Trinajstić information content (AvgIpc) is 3.10. The lowest BCUT2D eigenvalue weighted by Gasteiger charge is -2.21. The number of carbonyl (C=O) groups excluding carboxylic acids is 1. The Bertz CT molecular complexity index is 1070. The highest BCUT2D eigenvalue weighted by molar-refractivity contribution is 7.90. The van der Waals surface area contributed by atoms with E-state index < -0.39 is 27.2 Å². The Morgan fingerprint density at radius 1 is 1.52 bits per heavy atom. The molecule has 11 heteroatoms. The number of aryl methyl sites for hydroxylation is 1. The molecule has 3 rings (SSSR count). The van der Waals surface area contributed by atoms with Crippen LogP contribution in [-0.4, -0.2) is 46.8 Å². The van der Waals surface area contributed by atoms with Gasteiger partial charge < -0.3 is 16.2 Å². The van der Waals surface area contributed by atoms with E-state index >= 15 is 0 Å². The first-order valence-electron chi connectivity index (χ1n) is 8.87. The average molecular weight is 445 g/mol. The molecule has 1 aliphatic carbocycles. The molecule has 0 bridgehead atoms. The van der Waals surface area contributed by atoms with Crippen molar-refractivity contribution in [2.45, 2.75) is 30.8 Å². The molecule has 0 radical (unpaired) electrons. The summed E-state index contributed by atoms with van der Waals surface area (Å²) in [5.74, 6) is -1.71. The number of sulfone groups is 1. The zero-order valence-corrected chi connectivity index (χ0v) is 17.5. The summed E-state index contributed by atoms with van der Waals surface area (Å²) < 4.78 is 37.9. The summed E-state index contributed by atoms with van der Waals surface area (Å²) in [7, 11) is -1.79. The minimum absolute atomic E-state index is 0.129. The maximum absolute atomic E-state index is 13.3. The van der Waals surface area contributed by atoms with E-state index in [0.717, 1.165) is 12.3 Å². The molecule has 1 saturated carbocycles. The predicted octanol–water partition coefficient (Wildman–Crippen LogP) is 2.09. The number of carbonyl (C=O) groups is 1. The monoisotopic (exact) mass is 444 g/mol. The molecule has 1 aromatic heterocycles. The lowest BCUT2D eigenvalue weighted by molar-refractivity contribution is 0.0696. The Morgan fingerprint density at radius 2 is 2.21 bits per heavy atom. The molecule has 1 amide bonds. The van der Waals surface area contributed by atoms with Crippen molar-refractivity contribution in [1.29, 1.82) is 0 Å². The van der Waals surface area contributed by atoms with Crippen molar-refractivity contribution in [2.24, 2.45) is 7.05 Å². The summed E-state index contributed by atoms with van der Waals surface area (Å²) >= 11 is 5.75. The summed E-state index contributed by atoms with van der Waals surface area (Å²) in [5.41, 5.74) is 5.49. The Morgan fingerprint density at radius 3 is 2.83 bits per heavy atom. The lowest BCUT2D eigenvalue weighted by Crippen LogP contribution is -2.34. The van der Waals surface area contributed by atoms with Gasteiger partial charge in [0.15, 0.2) is 0 Å². The molecule has 1 aliphatic rings. The second-order valence-electron chi connectivity index (χ2n) is 7.59. The third-order valence-corrected chi connectivity index (χ3v) is 6.38. The van der Waals surface area contributed by atoms with Crippen LogP contribution in [-0.2, 0) is 16.9 Å². The molecule has 0 saturated heterocycles. The molecular formula is C18H22ClFN4O4S. The number of anilines is 2. The van der Waals surface area contributed by atoms with Gasteiger partial charge in [-0.3, -0.25) is 9.48 Å². The van der Waals surface area contributed by atoms with Gasteiger partial charge in [-0.25, -0.2) is 12.8 Å². The standard InChI is InChI=1S/C18H22ClFN4O4S/c1-24-16(21)14(17(25)22-11-3-4-13(20)12(19)7-11)15(23-24)10-5-6-18(26,8-10)9-29(2,27)28/h3-4,7,10,26H,5-6,8-9,21H2,1-2H3,(H,22,25)/t10-,18-/m1/s1. The zero-order chi connectivity index (χ0) is 21.6. The predicted molar refractivity (Wildman–Crippen MR) is 108 cm³/mol. The third kappa shape index (κ3) is 4.71. The summed E-state index contributed by atoms with van der Waals surface area (Å²) in [6.07, 6.45) is 1.96. The van der Waals surface area contributed by atoms with Gasteiger partial charge in [0, 0.05) is 24.9 Å². The Balaban J connectivity index is 1.88. The van der Waals surface area contributed by atoms with Crippen molar-refractivity contribution >= 4 is 38.9 Å². The molecule has 1 aromatic carbocycles. The number of nitrogens with zero attached hydrogens (tertiary/aromatic N) is 2. The zero-order valence-electron chi connectivity index (χ0n) is 15.9. The molecule has 4 N–H and O–H groups in total. The maximum atomic E-state index is 13.3. The van der Waals surface area contributed by atoms with E-state index in [-0.39, 0.29) is 46.6 Å². The fourth-order valence-corrected chi connectivity index (χ4v) is 5.22. The summed E-state index contributed by atoms with van der Waals surface area (Å²) in [5, 5.41) is 17.5. The summed E-state index contributed by atoms with van der Waals surface area (Å²) in [4.78, 5) is 12.9. The maximum Gasteiger partial charge on any atom is 0.261 e. The fraction of sp³-hybridized carbons (Fsp3) is 0.444. The number of nitrogen functional groups attached to an aromatic ring is 1. The SMILES string of the molecule is Cn1nc([C@@H]2CC[C@](O)(CS(C)(=O)=O)C2)c(C(=O)Nc2ccc(F)c(Cl)c2)c1N. The minimum atomic E-state index is -3.37. The second kappa shape index (κ2) is 7.58. The smallest absolute Gasteiger partial charge is 0.261 e. The van der Waals surface area contributed by atoms with Crippen molar-refractivity contribution in [3.63, 3.8) is 0 Å². The normalized spacial score (nSPS) is 22.0. The van der Waals surface area contributed by atoms with Gasteiger partial charge in [0.05, 0.1) is 22.1 Å². The van der Waals surface area contributed by atoms with Crippen LogP contribution >= 0.6 is 11.6 Å². The molecule has 2 aromatic rings. The first kappa shape index (κ1) is 21.5. The molecule has 0 spiro atoms. The van der Waals surface area contributed by atoms with Gasteiger partial charge in [-0.05, 0) is 37.5 Å². The molecule has 0 unspecified atom stereocenters. The van der Waals surface area contributed by atoms with Gasteiger partial charge >= 0.3 is 0 Å². The number of amides is 1. The van der Waals surface area contributed by atoms with E-state index in [4.69, 9.17) is 17.3 Å². The number of nitrogens with two attached hydrogens (primary N) is 1. The minimum Gasteiger partial charge on any atom is -0.389 e. The topological polar surface area (TPSA) is 127 Å². The quantitative estimate of drug-likeness (QED) is 0.648. The number of aromatic nitrogens is 2. The summed E-state index contributed by atoms with van der Waals surface area (Å²) in [6.45, 7) is 0. The Labute approximate surface area is 172 Å².